The van der Waals surface area contributed by atoms with E-state index in [0.717, 1.165) is 10.0 Å². The summed E-state index contributed by atoms with van der Waals surface area (Å²) in [4.78, 5) is 31.6. The maximum Gasteiger partial charge on any atom is 0.308 e. The van der Waals surface area contributed by atoms with Gasteiger partial charge in [0.05, 0.1) is 17.8 Å². The number of nitrogens with one attached hydrogen (secondary N) is 1. The summed E-state index contributed by atoms with van der Waals surface area (Å²) < 4.78 is 32.5. The van der Waals surface area contributed by atoms with Crippen molar-refractivity contribution < 1.29 is 23.1 Å². The van der Waals surface area contributed by atoms with E-state index >= 15 is 0 Å². The van der Waals surface area contributed by atoms with E-state index < -0.39 is 39.4 Å². The molecule has 1 aromatic heterocycles. The Morgan fingerprint density at radius 2 is 1.79 bits per heavy atom. The maximum atomic E-state index is 14.1. The molecule has 1 aliphatic heterocycles. The highest BCUT2D eigenvalue weighted by Gasteiger charge is 2.52. The number of hydrogen-bond donors (Lipinski definition) is 2. The van der Waals surface area contributed by atoms with Gasteiger partial charge in [0.15, 0.2) is 5.03 Å². The van der Waals surface area contributed by atoms with E-state index in [1.54, 1.807) is 19.1 Å². The summed E-state index contributed by atoms with van der Waals surface area (Å²) in [6.45, 7) is 1.66. The molecule has 2 N–H and O–H groups in total. The highest BCUT2D eigenvalue weighted by molar-refractivity contribution is 9.10. The van der Waals surface area contributed by atoms with Gasteiger partial charge in [-0.3, -0.25) is 14.2 Å². The smallest absolute Gasteiger partial charge is 0.308 e. The minimum absolute atomic E-state index is 0.0942. The number of amides is 1. The molecule has 0 unspecified atom stereocenters. The summed E-state index contributed by atoms with van der Waals surface area (Å²) in [6.07, 6.45) is 3.58. The molecule has 2 aliphatic rings. The van der Waals surface area contributed by atoms with Crippen LogP contribution in [0, 0.1) is 5.92 Å². The van der Waals surface area contributed by atoms with Gasteiger partial charge in [0.2, 0.25) is 5.95 Å². The van der Waals surface area contributed by atoms with E-state index in [2.05, 4.69) is 25.6 Å². The first-order chi connectivity index (χ1) is 18.4. The van der Waals surface area contributed by atoms with Crippen LogP contribution in [0.25, 0.3) is 0 Å². The van der Waals surface area contributed by atoms with E-state index in [4.69, 9.17) is 23.2 Å². The number of anilines is 2. The molecular weight excluding hydrogens is 631 g/mol. The molecule has 13 heteroatoms. The molecule has 1 amide bonds. The van der Waals surface area contributed by atoms with Crippen molar-refractivity contribution in [3.63, 3.8) is 0 Å². The quantitative estimate of drug-likeness (QED) is 0.346. The summed E-state index contributed by atoms with van der Waals surface area (Å²) in [7, 11) is -4.28. The molecule has 3 aromatic rings. The van der Waals surface area contributed by atoms with E-state index in [0.29, 0.717) is 41.4 Å². The number of fused-ring (bicyclic) bond motifs is 1. The third kappa shape index (κ3) is 5.22. The van der Waals surface area contributed by atoms with Gasteiger partial charge in [-0.1, -0.05) is 64.1 Å². The van der Waals surface area contributed by atoms with Gasteiger partial charge in [-0.05, 0) is 55.7 Å². The minimum Gasteiger partial charge on any atom is -0.481 e. The van der Waals surface area contributed by atoms with Crippen LogP contribution < -0.4 is 9.62 Å². The molecule has 9 nitrogen and oxygen atoms in total. The van der Waals surface area contributed by atoms with Crippen LogP contribution in [0.5, 0.6) is 0 Å². The maximum absolute atomic E-state index is 14.1. The van der Waals surface area contributed by atoms with E-state index in [9.17, 15) is 23.1 Å². The number of aliphatic carboxylic acids is 1. The van der Waals surface area contributed by atoms with Crippen LogP contribution in [-0.2, 0) is 31.6 Å². The highest BCUT2D eigenvalue weighted by Crippen LogP contribution is 2.44. The summed E-state index contributed by atoms with van der Waals surface area (Å²) in [5, 5.41) is 10.0. The van der Waals surface area contributed by atoms with E-state index in [-0.39, 0.29) is 17.4 Å². The van der Waals surface area contributed by atoms with Crippen molar-refractivity contribution in [2.75, 3.05) is 4.90 Å². The largest absolute Gasteiger partial charge is 0.481 e. The van der Waals surface area contributed by atoms with Crippen LogP contribution >= 0.6 is 39.1 Å². The topological polar surface area (TPSA) is 122 Å². The molecule has 1 aliphatic carbocycles. The number of sulfonamides is 1. The van der Waals surface area contributed by atoms with E-state index in [1.807, 2.05) is 24.3 Å². The fourth-order valence-electron chi connectivity index (χ4n) is 5.45. The molecule has 0 radical (unpaired) electrons. The normalized spacial score (nSPS) is 23.2. The van der Waals surface area contributed by atoms with E-state index in [1.165, 1.54) is 21.7 Å². The minimum atomic E-state index is -4.28. The number of hydrogen-bond acceptors (Lipinski definition) is 5. The average molecular weight is 656 g/mol. The Labute approximate surface area is 244 Å². The van der Waals surface area contributed by atoms with Crippen LogP contribution in [-0.4, -0.2) is 41.0 Å². The third-order valence-electron chi connectivity index (χ3n) is 7.30. The zero-order chi connectivity index (χ0) is 28.1. The molecule has 39 heavy (non-hydrogen) atoms. The molecule has 2 heterocycles. The SMILES string of the molecule is C[C@@]1(Cc2ccc(Br)cc2)C(=O)N(c2cc(Cl)cc(Cl)c2)c2ncc(S(=O)(=O)N[C@H]3CCCC[C@@H]3C(=O)O)n21. The van der Waals surface area contributed by atoms with Gasteiger partial charge in [-0.2, -0.15) is 0 Å². The number of carbonyl (C=O) groups excluding carboxylic acids is 1. The standard InChI is InChI=1S/C26H25BrCl2N4O5S/c1-26(13-15-6-8-16(27)9-7-15)24(36)32(19-11-17(28)10-18(29)12-19)25-30-14-22(33(25)26)39(37,38)31-21-5-3-2-4-20(21)23(34)35/h6-12,14,20-21,31H,2-5,13H2,1H3,(H,34,35)/t20-,21-,26+/m0/s1. The number of carbonyl (C=O) groups is 2. The number of carboxylic acid groups (broad SMARTS) is 1. The fourth-order valence-corrected chi connectivity index (χ4v) is 7.74. The molecule has 0 spiro atoms. The Morgan fingerprint density at radius 3 is 2.44 bits per heavy atom. The van der Waals surface area contributed by atoms with Crippen LogP contribution in [0.3, 0.4) is 0 Å². The van der Waals surface area contributed by atoms with Gasteiger partial charge < -0.3 is 5.11 Å². The summed E-state index contributed by atoms with van der Waals surface area (Å²) in [5.41, 5.74) is -0.245. The lowest BCUT2D eigenvalue weighted by molar-refractivity contribution is -0.143. The first-order valence-corrected chi connectivity index (χ1v) is 15.3. The van der Waals surface area contributed by atoms with Crippen molar-refractivity contribution in [3.8, 4) is 0 Å². The zero-order valence-electron chi connectivity index (χ0n) is 20.8. The highest BCUT2D eigenvalue weighted by atomic mass is 79.9. The van der Waals surface area contributed by atoms with Crippen LogP contribution in [0.1, 0.15) is 38.2 Å². The average Bonchev–Trinajstić information content (AvgIpc) is 3.39. The molecule has 0 saturated heterocycles. The summed E-state index contributed by atoms with van der Waals surface area (Å²) >= 11 is 15.9. The lowest BCUT2D eigenvalue weighted by Crippen LogP contribution is -2.47. The zero-order valence-corrected chi connectivity index (χ0v) is 24.7. The molecular formula is C26H25BrCl2N4O5S. The van der Waals surface area contributed by atoms with Crippen molar-refractivity contribution in [2.24, 2.45) is 5.92 Å². The molecule has 1 saturated carbocycles. The van der Waals surface area contributed by atoms with Crippen molar-refractivity contribution in [1.29, 1.82) is 0 Å². The van der Waals surface area contributed by atoms with Crippen molar-refractivity contribution in [1.82, 2.24) is 14.3 Å². The van der Waals surface area contributed by atoms with Gasteiger partial charge in [0, 0.05) is 27.0 Å². The molecule has 2 aromatic carbocycles. The Kier molecular flexibility index (Phi) is 7.58. The van der Waals surface area contributed by atoms with Crippen LogP contribution in [0.4, 0.5) is 11.6 Å². The number of rotatable bonds is 7. The number of aromatic nitrogens is 2. The Morgan fingerprint density at radius 1 is 1.15 bits per heavy atom. The monoisotopic (exact) mass is 654 g/mol. The van der Waals surface area contributed by atoms with Gasteiger partial charge >= 0.3 is 5.97 Å². The number of nitrogens with zero attached hydrogens (tertiary/aromatic N) is 3. The van der Waals surface area contributed by atoms with Crippen molar-refractivity contribution in [3.05, 3.63) is 68.7 Å². The van der Waals surface area contributed by atoms with Gasteiger partial charge in [0.25, 0.3) is 15.9 Å². The lowest BCUT2D eigenvalue weighted by atomic mass is 9.85. The van der Waals surface area contributed by atoms with Gasteiger partial charge in [-0.15, -0.1) is 0 Å². The summed E-state index contributed by atoms with van der Waals surface area (Å²) in [6, 6.07) is 11.3. The predicted octanol–water partition coefficient (Wildman–Crippen LogP) is 5.51. The lowest BCUT2D eigenvalue weighted by Gasteiger charge is -2.30. The first kappa shape index (κ1) is 28.1. The number of halogens is 3. The third-order valence-corrected chi connectivity index (χ3v) is 9.72. The molecule has 1 fully saturated rings. The second-order valence-corrected chi connectivity index (χ2v) is 13.5. The second-order valence-electron chi connectivity index (χ2n) is 10.0. The van der Waals surface area contributed by atoms with Gasteiger partial charge in [0.1, 0.15) is 5.54 Å². The first-order valence-electron chi connectivity index (χ1n) is 12.3. The molecule has 206 valence electrons. The Balaban J connectivity index is 1.63. The molecule has 5 rings (SSSR count). The molecule has 3 atom stereocenters. The second kappa shape index (κ2) is 10.5. The predicted molar refractivity (Wildman–Crippen MR) is 151 cm³/mol. The summed E-state index contributed by atoms with van der Waals surface area (Å²) in [5.74, 6) is -2.20. The Hall–Kier alpha value is -2.44. The van der Waals surface area contributed by atoms with Crippen molar-refractivity contribution >= 4 is 72.7 Å². The Bertz CT molecular complexity index is 1540. The number of carboxylic acids is 1. The fraction of sp³-hybridized carbons (Fsp3) is 0.346. The molecule has 0 bridgehead atoms. The van der Waals surface area contributed by atoms with Crippen LogP contribution in [0.2, 0.25) is 10.0 Å². The van der Waals surface area contributed by atoms with Gasteiger partial charge in [-0.25, -0.2) is 23.0 Å². The van der Waals surface area contributed by atoms with Crippen LogP contribution in [0.15, 0.2) is 58.2 Å². The number of benzene rings is 2. The number of imidazole rings is 1. The van der Waals surface area contributed by atoms with Crippen molar-refractivity contribution in [2.45, 2.75) is 55.6 Å².